The molecule has 0 aliphatic carbocycles. The number of amides is 1. The largest absolute Gasteiger partial charge is 0.493 e. The molecule has 4 N–H and O–H groups in total. The summed E-state index contributed by atoms with van der Waals surface area (Å²) < 4.78 is 44.4. The highest BCUT2D eigenvalue weighted by atomic mass is 16.5. The molecule has 1 amide bonds. The van der Waals surface area contributed by atoms with E-state index in [1.807, 2.05) is 133 Å². The van der Waals surface area contributed by atoms with E-state index in [9.17, 15) is 4.79 Å². The fourth-order valence-corrected chi connectivity index (χ4v) is 8.38. The molecule has 9 rings (SSSR count). The summed E-state index contributed by atoms with van der Waals surface area (Å²) in [6.07, 6.45) is 13.4. The summed E-state index contributed by atoms with van der Waals surface area (Å²) in [5, 5.41) is 6.46. The van der Waals surface area contributed by atoms with Crippen LogP contribution in [0.3, 0.4) is 0 Å². The zero-order valence-corrected chi connectivity index (χ0v) is 46.1. The summed E-state index contributed by atoms with van der Waals surface area (Å²) in [5.74, 6) is 5.39. The lowest BCUT2D eigenvalue weighted by Gasteiger charge is -2.26. The number of carbonyl (C=O) groups is 1. The number of ether oxygens (including phenoxy) is 8. The standard InChI is InChI=1S/C25H26N2O4.C25H26N2O3.C16H19NO2/c1-29-22-11-8-19(16-23(22)31-18-21-6-4-3-5-7-21)14-15-26-24(28)12-9-20-10-13-25(30-2)27-17-20;1-28-23-15-21-20(14-24(23)30-17-19-6-4-3-5-7-19)12-13-26-22(21)10-8-18-9-11-25(29-2)27-16-18;1-18-15-8-7-13(9-10-17)11-16(15)19-12-14-5-3-2-4-6-14/h3-13,16-17H,14-15,18H2,1-2H3,(H,26,28);3-11,14-16,22,26H,12-13,17H2,1-2H3;2-8,11H,9-10,12,17H2,1H3/b12-9+;10-8+;. The van der Waals surface area contributed by atoms with E-state index in [1.165, 1.54) is 17.2 Å². The maximum absolute atomic E-state index is 12.1. The van der Waals surface area contributed by atoms with Crippen LogP contribution in [-0.2, 0) is 43.9 Å². The molecule has 0 spiro atoms. The Morgan fingerprint density at radius 3 is 1.49 bits per heavy atom. The number of carbonyl (C=O) groups excluding carboxylic acids is 1. The molecule has 1 aliphatic heterocycles. The van der Waals surface area contributed by atoms with Gasteiger partial charge in [-0.2, -0.15) is 0 Å². The fraction of sp³-hybridized carbons (Fsp3) is 0.227. The molecule has 0 radical (unpaired) electrons. The number of pyridine rings is 2. The molecule has 1 unspecified atom stereocenters. The highest BCUT2D eigenvalue weighted by Gasteiger charge is 2.21. The summed E-state index contributed by atoms with van der Waals surface area (Å²) >= 11 is 0. The van der Waals surface area contributed by atoms with Crippen LogP contribution in [0.15, 0.2) is 188 Å². The topological polar surface area (TPSA) is 167 Å². The van der Waals surface area contributed by atoms with Gasteiger partial charge in [-0.05, 0) is 130 Å². The van der Waals surface area contributed by atoms with E-state index in [1.54, 1.807) is 60.1 Å². The van der Waals surface area contributed by atoms with Crippen LogP contribution in [0.2, 0.25) is 0 Å². The third kappa shape index (κ3) is 18.5. The second-order valence-corrected chi connectivity index (χ2v) is 18.2. The number of rotatable bonds is 23. The SMILES string of the molecule is COc1ccc(/C=C/C(=O)NCCc2ccc(OC)c(OCc3ccccc3)c2)cn1.COc1ccc(/C=C/C2NCCc3cc(OCc4ccccc4)c(OC)cc32)cn1.COc1ccc(CCN)cc1OCc1ccccc1. The van der Waals surface area contributed by atoms with E-state index in [0.717, 1.165) is 81.3 Å². The van der Waals surface area contributed by atoms with Gasteiger partial charge in [-0.3, -0.25) is 4.79 Å². The highest BCUT2D eigenvalue weighted by molar-refractivity contribution is 5.91. The minimum absolute atomic E-state index is 0.105. The lowest BCUT2D eigenvalue weighted by Crippen LogP contribution is -2.28. The van der Waals surface area contributed by atoms with E-state index in [2.05, 4.69) is 57.0 Å². The zero-order chi connectivity index (χ0) is 56.2. The Balaban J connectivity index is 0.000000179. The molecule has 0 bridgehead atoms. The lowest BCUT2D eigenvalue weighted by atomic mass is 9.93. The van der Waals surface area contributed by atoms with Gasteiger partial charge >= 0.3 is 0 Å². The van der Waals surface area contributed by atoms with Crippen LogP contribution in [-0.4, -0.2) is 71.1 Å². The molecule has 2 aromatic heterocycles. The van der Waals surface area contributed by atoms with E-state index in [-0.39, 0.29) is 11.9 Å². The number of benzene rings is 6. The summed E-state index contributed by atoms with van der Waals surface area (Å²) in [6, 6.07) is 53.7. The Hall–Kier alpha value is -9.11. The Kier molecular flexibility index (Phi) is 23.4. The van der Waals surface area contributed by atoms with Gasteiger partial charge in [0.15, 0.2) is 34.5 Å². The Morgan fingerprint density at radius 1 is 0.537 bits per heavy atom. The molecule has 14 nitrogen and oxygen atoms in total. The summed E-state index contributed by atoms with van der Waals surface area (Å²) in [6.45, 7) is 3.56. The van der Waals surface area contributed by atoms with Crippen molar-refractivity contribution in [3.63, 3.8) is 0 Å². The molecule has 80 heavy (non-hydrogen) atoms. The molecule has 6 aromatic carbocycles. The first kappa shape index (κ1) is 58.6. The van der Waals surface area contributed by atoms with Crippen LogP contribution in [0.1, 0.15) is 56.1 Å². The van der Waals surface area contributed by atoms with Gasteiger partial charge in [0.05, 0.1) is 41.6 Å². The maximum atomic E-state index is 12.1. The molecular formula is C66H71N5O9. The van der Waals surface area contributed by atoms with Crippen LogP contribution >= 0.6 is 0 Å². The van der Waals surface area contributed by atoms with E-state index >= 15 is 0 Å². The Bertz CT molecular complexity index is 3180. The van der Waals surface area contributed by atoms with Crippen molar-refractivity contribution in [3.8, 4) is 46.3 Å². The molecule has 8 aromatic rings. The average Bonchev–Trinajstić information content (AvgIpc) is 3.53. The lowest BCUT2D eigenvalue weighted by molar-refractivity contribution is -0.116. The van der Waals surface area contributed by atoms with E-state index in [0.29, 0.717) is 62.6 Å². The number of methoxy groups -OCH3 is 5. The van der Waals surface area contributed by atoms with Crippen molar-refractivity contribution < 1.29 is 42.7 Å². The second kappa shape index (κ2) is 31.9. The molecule has 414 valence electrons. The number of nitrogens with zero attached hydrogens (tertiary/aromatic N) is 2. The third-order valence-electron chi connectivity index (χ3n) is 12.7. The van der Waals surface area contributed by atoms with Gasteiger partial charge in [0, 0.05) is 43.7 Å². The Labute approximate surface area is 470 Å². The third-order valence-corrected chi connectivity index (χ3v) is 12.7. The first-order valence-corrected chi connectivity index (χ1v) is 26.4. The normalized spacial score (nSPS) is 12.4. The van der Waals surface area contributed by atoms with Gasteiger partial charge < -0.3 is 54.3 Å². The number of hydrogen-bond donors (Lipinski definition) is 3. The van der Waals surface area contributed by atoms with Gasteiger partial charge in [-0.25, -0.2) is 9.97 Å². The zero-order valence-electron chi connectivity index (χ0n) is 46.1. The molecule has 3 heterocycles. The van der Waals surface area contributed by atoms with Crippen LogP contribution in [0.25, 0.3) is 12.2 Å². The maximum Gasteiger partial charge on any atom is 0.244 e. The summed E-state index contributed by atoms with van der Waals surface area (Å²) in [4.78, 5) is 20.4. The van der Waals surface area contributed by atoms with Crippen molar-refractivity contribution in [1.29, 1.82) is 0 Å². The minimum atomic E-state index is -0.162. The van der Waals surface area contributed by atoms with E-state index in [4.69, 9.17) is 43.6 Å². The summed E-state index contributed by atoms with van der Waals surface area (Å²) in [7, 11) is 8.13. The van der Waals surface area contributed by atoms with Crippen molar-refractivity contribution in [2.75, 3.05) is 55.2 Å². The molecule has 1 atom stereocenters. The molecule has 0 saturated heterocycles. The highest BCUT2D eigenvalue weighted by Crippen LogP contribution is 2.37. The van der Waals surface area contributed by atoms with Gasteiger partial charge in [0.25, 0.3) is 0 Å². The predicted octanol–water partition coefficient (Wildman–Crippen LogP) is 11.4. The monoisotopic (exact) mass is 1080 g/mol. The van der Waals surface area contributed by atoms with Crippen LogP contribution in [0, 0.1) is 0 Å². The van der Waals surface area contributed by atoms with Gasteiger partial charge in [-0.15, -0.1) is 0 Å². The first-order chi connectivity index (χ1) is 39.3. The first-order valence-electron chi connectivity index (χ1n) is 26.4. The van der Waals surface area contributed by atoms with Crippen molar-refractivity contribution in [3.05, 3.63) is 238 Å². The van der Waals surface area contributed by atoms with Gasteiger partial charge in [0.2, 0.25) is 17.7 Å². The van der Waals surface area contributed by atoms with Crippen LogP contribution in [0.4, 0.5) is 0 Å². The number of aromatic nitrogens is 2. The van der Waals surface area contributed by atoms with Crippen molar-refractivity contribution in [1.82, 2.24) is 20.6 Å². The summed E-state index contributed by atoms with van der Waals surface area (Å²) in [5.41, 5.74) is 15.5. The molecular weight excluding hydrogens is 1010 g/mol. The van der Waals surface area contributed by atoms with Crippen LogP contribution < -0.4 is 54.3 Å². The van der Waals surface area contributed by atoms with E-state index < -0.39 is 0 Å². The van der Waals surface area contributed by atoms with Gasteiger partial charge in [0.1, 0.15) is 19.8 Å². The number of nitrogens with one attached hydrogen (secondary N) is 2. The molecule has 0 fully saturated rings. The molecule has 0 saturated carbocycles. The smallest absolute Gasteiger partial charge is 0.244 e. The van der Waals surface area contributed by atoms with Gasteiger partial charge in [-0.1, -0.05) is 115 Å². The number of fused-ring (bicyclic) bond motifs is 1. The fourth-order valence-electron chi connectivity index (χ4n) is 8.38. The van der Waals surface area contributed by atoms with Crippen molar-refractivity contribution in [2.45, 2.75) is 45.1 Å². The number of hydrogen-bond acceptors (Lipinski definition) is 13. The minimum Gasteiger partial charge on any atom is -0.493 e. The quantitative estimate of drug-likeness (QED) is 0.0519. The van der Waals surface area contributed by atoms with Crippen molar-refractivity contribution in [2.24, 2.45) is 5.73 Å². The second-order valence-electron chi connectivity index (χ2n) is 18.2. The number of nitrogens with two attached hydrogens (primary N) is 1. The average molecular weight is 1080 g/mol. The van der Waals surface area contributed by atoms with Crippen LogP contribution in [0.5, 0.6) is 46.3 Å². The molecule has 1 aliphatic rings. The predicted molar refractivity (Wildman–Crippen MR) is 315 cm³/mol. The Morgan fingerprint density at radius 2 is 1.02 bits per heavy atom. The van der Waals surface area contributed by atoms with Crippen molar-refractivity contribution >= 4 is 18.1 Å². The molecule has 14 heteroatoms.